The smallest absolute Gasteiger partial charge is 0.241 e. The van der Waals surface area contributed by atoms with Crippen LogP contribution in [0.5, 0.6) is 0 Å². The molecule has 3 aromatic carbocycles. The first kappa shape index (κ1) is 22.4. The normalized spacial score (nSPS) is 16.4. The van der Waals surface area contributed by atoms with E-state index >= 15 is 0 Å². The Morgan fingerprint density at radius 3 is 2.41 bits per heavy atom. The van der Waals surface area contributed by atoms with Crippen molar-refractivity contribution in [1.82, 2.24) is 5.32 Å². The van der Waals surface area contributed by atoms with Crippen LogP contribution in [-0.4, -0.2) is 17.1 Å². The summed E-state index contributed by atoms with van der Waals surface area (Å²) in [5.74, 6) is -0.655. The molecule has 1 N–H and O–H groups in total. The highest BCUT2D eigenvalue weighted by molar-refractivity contribution is 8.01. The van der Waals surface area contributed by atoms with Crippen molar-refractivity contribution in [2.45, 2.75) is 37.1 Å². The van der Waals surface area contributed by atoms with Gasteiger partial charge in [0.15, 0.2) is 0 Å². The van der Waals surface area contributed by atoms with Crippen molar-refractivity contribution < 1.29 is 9.59 Å². The number of hydrogen-bond donors (Lipinski definition) is 1. The number of hydrogen-bond acceptors (Lipinski definition) is 3. The predicted octanol–water partition coefficient (Wildman–Crippen LogP) is 5.61. The largest absolute Gasteiger partial charge is 0.352 e. The number of rotatable bonds is 6. The van der Waals surface area contributed by atoms with Gasteiger partial charge in [0, 0.05) is 16.5 Å². The molecule has 1 aliphatic rings. The first-order valence-electron chi connectivity index (χ1n) is 10.6. The zero-order chi connectivity index (χ0) is 22.7. The molecule has 2 amide bonds. The lowest BCUT2D eigenvalue weighted by molar-refractivity contribution is -0.128. The number of amides is 2. The molecule has 6 heteroatoms. The summed E-state index contributed by atoms with van der Waals surface area (Å²) in [6.45, 7) is 4.74. The fraction of sp³-hybridized carbons (Fsp3) is 0.231. The van der Waals surface area contributed by atoms with Crippen LogP contribution >= 0.6 is 23.4 Å². The van der Waals surface area contributed by atoms with Gasteiger partial charge in [0.1, 0.15) is 5.25 Å². The van der Waals surface area contributed by atoms with Crippen LogP contribution < -0.4 is 10.2 Å². The molecule has 0 aromatic heterocycles. The molecule has 0 saturated carbocycles. The van der Waals surface area contributed by atoms with Gasteiger partial charge >= 0.3 is 0 Å². The molecule has 0 bridgehead atoms. The van der Waals surface area contributed by atoms with Crippen molar-refractivity contribution in [3.05, 3.63) is 94.5 Å². The Balaban J connectivity index is 1.51. The van der Waals surface area contributed by atoms with Gasteiger partial charge in [-0.25, -0.2) is 0 Å². The van der Waals surface area contributed by atoms with Gasteiger partial charge in [-0.2, -0.15) is 0 Å². The van der Waals surface area contributed by atoms with Crippen molar-refractivity contribution >= 4 is 40.9 Å². The topological polar surface area (TPSA) is 49.4 Å². The van der Waals surface area contributed by atoms with Crippen molar-refractivity contribution in [3.8, 4) is 0 Å². The first-order chi connectivity index (χ1) is 15.4. The number of carbonyl (C=O) groups is 2. The number of halogens is 1. The van der Waals surface area contributed by atoms with Gasteiger partial charge in [0.05, 0.1) is 18.2 Å². The van der Waals surface area contributed by atoms with Crippen LogP contribution in [0.3, 0.4) is 0 Å². The van der Waals surface area contributed by atoms with E-state index in [4.69, 9.17) is 11.6 Å². The van der Waals surface area contributed by atoms with E-state index in [-0.39, 0.29) is 11.8 Å². The SMILES string of the molecule is Cc1ccc(CN2C(=O)C(C(C)C(=O)NCc3ccc(Cl)cc3)Sc3ccccc32)cc1. The monoisotopic (exact) mass is 464 g/mol. The molecule has 4 rings (SSSR count). The van der Waals surface area contributed by atoms with Crippen LogP contribution in [0.4, 0.5) is 5.69 Å². The fourth-order valence-corrected chi connectivity index (χ4v) is 5.10. The van der Waals surface area contributed by atoms with Crippen LogP contribution in [0.25, 0.3) is 0 Å². The Morgan fingerprint density at radius 1 is 1.03 bits per heavy atom. The molecule has 0 fully saturated rings. The maximum atomic E-state index is 13.5. The molecule has 4 nitrogen and oxygen atoms in total. The molecule has 3 aromatic rings. The maximum Gasteiger partial charge on any atom is 0.241 e. The van der Waals surface area contributed by atoms with Gasteiger partial charge in [-0.1, -0.05) is 72.6 Å². The zero-order valence-corrected chi connectivity index (χ0v) is 19.6. The fourth-order valence-electron chi connectivity index (χ4n) is 3.68. The number of nitrogens with one attached hydrogen (secondary N) is 1. The van der Waals surface area contributed by atoms with E-state index in [1.165, 1.54) is 17.3 Å². The Bertz CT molecular complexity index is 1120. The van der Waals surface area contributed by atoms with E-state index in [0.717, 1.165) is 21.7 Å². The first-order valence-corrected chi connectivity index (χ1v) is 11.8. The minimum Gasteiger partial charge on any atom is -0.352 e. The van der Waals surface area contributed by atoms with Gasteiger partial charge < -0.3 is 10.2 Å². The molecule has 0 radical (unpaired) electrons. The van der Waals surface area contributed by atoms with Crippen LogP contribution in [-0.2, 0) is 22.7 Å². The lowest BCUT2D eigenvalue weighted by Gasteiger charge is -2.35. The number of para-hydroxylation sites is 1. The summed E-state index contributed by atoms with van der Waals surface area (Å²) in [6, 6.07) is 23.4. The highest BCUT2D eigenvalue weighted by Gasteiger charge is 2.39. The molecule has 164 valence electrons. The molecule has 1 aliphatic heterocycles. The Kier molecular flexibility index (Phi) is 6.87. The summed E-state index contributed by atoms with van der Waals surface area (Å²) < 4.78 is 0. The summed E-state index contributed by atoms with van der Waals surface area (Å²) in [5.41, 5.74) is 4.10. The third-order valence-corrected chi connectivity index (χ3v) is 7.34. The van der Waals surface area contributed by atoms with Gasteiger partial charge in [0.25, 0.3) is 0 Å². The summed E-state index contributed by atoms with van der Waals surface area (Å²) in [5, 5.41) is 3.14. The second-order valence-electron chi connectivity index (χ2n) is 8.05. The van der Waals surface area contributed by atoms with E-state index in [1.807, 2.05) is 67.3 Å². The number of fused-ring (bicyclic) bond motifs is 1. The second-order valence-corrected chi connectivity index (χ2v) is 9.67. The van der Waals surface area contributed by atoms with Gasteiger partial charge in [-0.15, -0.1) is 11.8 Å². The zero-order valence-electron chi connectivity index (χ0n) is 18.0. The van der Waals surface area contributed by atoms with Crippen molar-refractivity contribution in [2.24, 2.45) is 5.92 Å². The predicted molar refractivity (Wildman–Crippen MR) is 131 cm³/mol. The average molecular weight is 465 g/mol. The maximum absolute atomic E-state index is 13.5. The molecule has 0 saturated heterocycles. The third-order valence-electron chi connectivity index (χ3n) is 5.63. The van der Waals surface area contributed by atoms with E-state index in [1.54, 1.807) is 12.1 Å². The van der Waals surface area contributed by atoms with Crippen LogP contribution in [0.2, 0.25) is 5.02 Å². The number of nitrogens with zero attached hydrogens (tertiary/aromatic N) is 1. The number of aryl methyl sites for hydroxylation is 1. The van der Waals surface area contributed by atoms with E-state index in [9.17, 15) is 9.59 Å². The second kappa shape index (κ2) is 9.80. The molecular formula is C26H25ClN2O2S. The number of thioether (sulfide) groups is 1. The van der Waals surface area contributed by atoms with Crippen LogP contribution in [0.1, 0.15) is 23.6 Å². The minimum atomic E-state index is -0.486. The number of anilines is 1. The van der Waals surface area contributed by atoms with Crippen molar-refractivity contribution in [1.29, 1.82) is 0 Å². The number of carbonyl (C=O) groups excluding carboxylic acids is 2. The lowest BCUT2D eigenvalue weighted by atomic mass is 10.0. The molecule has 32 heavy (non-hydrogen) atoms. The highest BCUT2D eigenvalue weighted by atomic mass is 35.5. The quantitative estimate of drug-likeness (QED) is 0.516. The van der Waals surface area contributed by atoms with Gasteiger partial charge in [-0.05, 0) is 42.3 Å². The lowest BCUT2D eigenvalue weighted by Crippen LogP contribution is -2.47. The Hall–Kier alpha value is -2.76. The molecule has 0 spiro atoms. The van der Waals surface area contributed by atoms with Crippen molar-refractivity contribution in [3.63, 3.8) is 0 Å². The summed E-state index contributed by atoms with van der Waals surface area (Å²) >= 11 is 7.40. The van der Waals surface area contributed by atoms with Crippen LogP contribution in [0.15, 0.2) is 77.7 Å². The molecular weight excluding hydrogens is 440 g/mol. The Morgan fingerprint density at radius 2 is 1.69 bits per heavy atom. The van der Waals surface area contributed by atoms with E-state index < -0.39 is 11.2 Å². The average Bonchev–Trinajstić information content (AvgIpc) is 2.81. The van der Waals surface area contributed by atoms with Gasteiger partial charge in [0.2, 0.25) is 11.8 Å². The molecule has 0 aliphatic carbocycles. The van der Waals surface area contributed by atoms with Crippen molar-refractivity contribution in [2.75, 3.05) is 4.90 Å². The van der Waals surface area contributed by atoms with E-state index in [2.05, 4.69) is 17.4 Å². The summed E-state index contributed by atoms with van der Waals surface area (Å²) in [7, 11) is 0. The third kappa shape index (κ3) is 5.00. The minimum absolute atomic E-state index is 0.0385. The van der Waals surface area contributed by atoms with Crippen LogP contribution in [0, 0.1) is 12.8 Å². The summed E-state index contributed by atoms with van der Waals surface area (Å²) in [4.78, 5) is 29.3. The molecule has 1 heterocycles. The standard InChI is InChI=1S/C26H25ClN2O2S/c1-17-7-9-20(10-8-17)16-29-22-5-3-4-6-23(22)32-24(26(29)31)18(2)25(30)28-15-19-11-13-21(27)14-12-19/h3-14,18,24H,15-16H2,1-2H3,(H,28,30). The van der Waals surface area contributed by atoms with Gasteiger partial charge in [-0.3, -0.25) is 9.59 Å². The number of benzene rings is 3. The molecule has 2 atom stereocenters. The Labute approximate surface area is 198 Å². The summed E-state index contributed by atoms with van der Waals surface area (Å²) in [6.07, 6.45) is 0. The van der Waals surface area contributed by atoms with E-state index in [0.29, 0.717) is 18.1 Å². The highest BCUT2D eigenvalue weighted by Crippen LogP contribution is 2.42. The molecule has 2 unspecified atom stereocenters.